The van der Waals surface area contributed by atoms with Crippen molar-refractivity contribution in [3.63, 3.8) is 0 Å². The van der Waals surface area contributed by atoms with Gasteiger partial charge in [0.25, 0.3) is 0 Å². The van der Waals surface area contributed by atoms with Gasteiger partial charge in [-0.3, -0.25) is 4.79 Å². The molecule has 2 aromatic rings. The Morgan fingerprint density at radius 2 is 1.90 bits per heavy atom. The van der Waals surface area contributed by atoms with Crippen molar-refractivity contribution in [3.8, 4) is 0 Å². The average Bonchev–Trinajstić information content (AvgIpc) is 3.41. The van der Waals surface area contributed by atoms with Crippen LogP contribution in [0.15, 0.2) is 24.3 Å². The molecule has 0 radical (unpaired) electrons. The van der Waals surface area contributed by atoms with E-state index in [-0.39, 0.29) is 18.6 Å². The Bertz CT molecular complexity index is 779. The van der Waals surface area contributed by atoms with Crippen LogP contribution in [0.2, 0.25) is 0 Å². The average molecular weight is 416 g/mol. The molecule has 1 atom stereocenters. The van der Waals surface area contributed by atoms with Crippen LogP contribution in [0.3, 0.4) is 0 Å². The zero-order valence-electron chi connectivity index (χ0n) is 17.9. The van der Waals surface area contributed by atoms with Gasteiger partial charge in [-0.15, -0.1) is 0 Å². The number of amides is 1. The van der Waals surface area contributed by atoms with E-state index in [1.165, 1.54) is 4.80 Å². The van der Waals surface area contributed by atoms with Crippen molar-refractivity contribution in [2.75, 3.05) is 53.0 Å². The molecule has 0 bridgehead atoms. The first-order valence-corrected chi connectivity index (χ1v) is 11.1. The van der Waals surface area contributed by atoms with Gasteiger partial charge in [0.1, 0.15) is 17.6 Å². The summed E-state index contributed by atoms with van der Waals surface area (Å²) in [4.78, 5) is 19.2. The Morgan fingerprint density at radius 3 is 2.53 bits per heavy atom. The van der Waals surface area contributed by atoms with Crippen molar-refractivity contribution >= 4 is 16.9 Å². The summed E-state index contributed by atoms with van der Waals surface area (Å²) in [5, 5.41) is 8.92. The van der Waals surface area contributed by atoms with E-state index in [0.29, 0.717) is 12.5 Å². The fraction of sp³-hybridized carbons (Fsp3) is 0.682. The number of hydrogen-bond acceptors (Lipinski definition) is 6. The third-order valence-electron chi connectivity index (χ3n) is 6.20. The van der Waals surface area contributed by atoms with Crippen molar-refractivity contribution in [2.24, 2.45) is 5.92 Å². The normalized spacial score (nSPS) is 20.8. The number of nitrogens with zero attached hydrogens (tertiary/aromatic N) is 5. The van der Waals surface area contributed by atoms with Gasteiger partial charge in [0.2, 0.25) is 5.91 Å². The molecule has 2 aliphatic rings. The van der Waals surface area contributed by atoms with E-state index in [9.17, 15) is 4.79 Å². The Morgan fingerprint density at radius 1 is 1.17 bits per heavy atom. The predicted molar refractivity (Wildman–Crippen MR) is 114 cm³/mol. The number of fused-ring (bicyclic) bond motifs is 1. The van der Waals surface area contributed by atoms with E-state index < -0.39 is 0 Å². The largest absolute Gasteiger partial charge is 0.383 e. The Balaban J connectivity index is 1.37. The molecule has 1 aromatic heterocycles. The molecule has 0 spiro atoms. The van der Waals surface area contributed by atoms with Gasteiger partial charge < -0.3 is 19.3 Å². The summed E-state index contributed by atoms with van der Waals surface area (Å²) in [5.41, 5.74) is 1.64. The monoisotopic (exact) mass is 415 g/mol. The predicted octanol–water partition coefficient (Wildman–Crippen LogP) is 1.80. The molecule has 30 heavy (non-hydrogen) atoms. The zero-order valence-corrected chi connectivity index (χ0v) is 17.9. The highest BCUT2D eigenvalue weighted by atomic mass is 16.5. The van der Waals surface area contributed by atoms with E-state index in [2.05, 4.69) is 15.1 Å². The molecule has 8 nitrogen and oxygen atoms in total. The van der Waals surface area contributed by atoms with Crippen molar-refractivity contribution in [1.29, 1.82) is 0 Å². The first-order chi connectivity index (χ1) is 14.7. The van der Waals surface area contributed by atoms with Gasteiger partial charge in [-0.25, -0.2) is 0 Å². The SMILES string of the molecule is COCCN1CCC(CN(C[C@H]2CCCO2)C(=O)Cn2nc3ccccc3n2)CC1. The fourth-order valence-corrected chi connectivity index (χ4v) is 4.43. The number of methoxy groups -OCH3 is 1. The molecule has 0 unspecified atom stereocenters. The summed E-state index contributed by atoms with van der Waals surface area (Å²) < 4.78 is 11.0. The molecule has 164 valence electrons. The number of rotatable bonds is 9. The molecule has 3 heterocycles. The number of carbonyl (C=O) groups is 1. The van der Waals surface area contributed by atoms with Gasteiger partial charge in [0.15, 0.2) is 0 Å². The second-order valence-electron chi connectivity index (χ2n) is 8.43. The van der Waals surface area contributed by atoms with E-state index >= 15 is 0 Å². The van der Waals surface area contributed by atoms with Crippen LogP contribution in [0.25, 0.3) is 11.0 Å². The molecule has 2 aliphatic heterocycles. The molecule has 0 N–H and O–H groups in total. The lowest BCUT2D eigenvalue weighted by atomic mass is 9.96. The number of benzene rings is 1. The molecular weight excluding hydrogens is 382 g/mol. The minimum Gasteiger partial charge on any atom is -0.383 e. The number of likely N-dealkylation sites (tertiary alicyclic amines) is 1. The second kappa shape index (κ2) is 10.3. The lowest BCUT2D eigenvalue weighted by molar-refractivity contribution is -0.134. The number of piperidine rings is 1. The van der Waals surface area contributed by atoms with Crippen LogP contribution in [-0.4, -0.2) is 89.9 Å². The van der Waals surface area contributed by atoms with Crippen molar-refractivity contribution < 1.29 is 14.3 Å². The molecule has 1 amide bonds. The highest BCUT2D eigenvalue weighted by Crippen LogP contribution is 2.21. The van der Waals surface area contributed by atoms with Gasteiger partial charge in [-0.1, -0.05) is 12.1 Å². The molecule has 2 saturated heterocycles. The highest BCUT2D eigenvalue weighted by Gasteiger charge is 2.27. The second-order valence-corrected chi connectivity index (χ2v) is 8.43. The number of aromatic nitrogens is 3. The zero-order chi connectivity index (χ0) is 20.8. The van der Waals surface area contributed by atoms with Crippen LogP contribution in [0, 0.1) is 5.92 Å². The Labute approximate surface area is 178 Å². The summed E-state index contributed by atoms with van der Waals surface area (Å²) in [7, 11) is 1.75. The van der Waals surface area contributed by atoms with E-state index in [1.807, 2.05) is 29.2 Å². The first-order valence-electron chi connectivity index (χ1n) is 11.1. The van der Waals surface area contributed by atoms with Crippen molar-refractivity contribution in [2.45, 2.75) is 38.3 Å². The third kappa shape index (κ3) is 5.56. The maximum absolute atomic E-state index is 13.2. The van der Waals surface area contributed by atoms with E-state index in [4.69, 9.17) is 9.47 Å². The summed E-state index contributed by atoms with van der Waals surface area (Å²) in [6.07, 6.45) is 4.49. The van der Waals surface area contributed by atoms with E-state index in [1.54, 1.807) is 7.11 Å². The maximum Gasteiger partial charge on any atom is 0.246 e. The van der Waals surface area contributed by atoms with Crippen LogP contribution >= 0.6 is 0 Å². The van der Waals surface area contributed by atoms with Gasteiger partial charge in [-0.05, 0) is 56.8 Å². The van der Waals surface area contributed by atoms with Crippen LogP contribution in [0.1, 0.15) is 25.7 Å². The minimum atomic E-state index is 0.0765. The van der Waals surface area contributed by atoms with Crippen molar-refractivity contribution in [3.05, 3.63) is 24.3 Å². The van der Waals surface area contributed by atoms with Crippen molar-refractivity contribution in [1.82, 2.24) is 24.8 Å². The molecule has 0 saturated carbocycles. The van der Waals surface area contributed by atoms with Gasteiger partial charge in [-0.2, -0.15) is 15.0 Å². The topological polar surface area (TPSA) is 72.7 Å². The maximum atomic E-state index is 13.2. The Hall–Kier alpha value is -2.03. The number of hydrogen-bond donors (Lipinski definition) is 0. The lowest BCUT2D eigenvalue weighted by Crippen LogP contribution is -2.45. The molecule has 4 rings (SSSR count). The Kier molecular flexibility index (Phi) is 7.30. The number of carbonyl (C=O) groups excluding carboxylic acids is 1. The van der Waals surface area contributed by atoms with E-state index in [0.717, 1.165) is 76.1 Å². The lowest BCUT2D eigenvalue weighted by Gasteiger charge is -2.35. The highest BCUT2D eigenvalue weighted by molar-refractivity contribution is 5.77. The smallest absolute Gasteiger partial charge is 0.246 e. The molecule has 2 fully saturated rings. The number of ether oxygens (including phenoxy) is 2. The van der Waals surface area contributed by atoms with Crippen LogP contribution in [-0.2, 0) is 20.8 Å². The van der Waals surface area contributed by atoms with Crippen LogP contribution < -0.4 is 0 Å². The standard InChI is InChI=1S/C22H33N5O3/c1-29-14-12-25-10-8-18(9-11-25)15-26(16-19-5-4-13-30-19)22(28)17-27-23-20-6-2-3-7-21(20)24-27/h2-3,6-7,18-19H,4-5,8-17H2,1H3/t19-/m1/s1. The summed E-state index contributed by atoms with van der Waals surface area (Å²) >= 11 is 0. The first kappa shape index (κ1) is 21.2. The summed E-state index contributed by atoms with van der Waals surface area (Å²) in [5.74, 6) is 0.603. The molecule has 0 aliphatic carbocycles. The molecule has 8 heteroatoms. The summed E-state index contributed by atoms with van der Waals surface area (Å²) in [6, 6.07) is 7.72. The molecule has 1 aromatic carbocycles. The van der Waals surface area contributed by atoms with Gasteiger partial charge in [0, 0.05) is 33.4 Å². The van der Waals surface area contributed by atoms with Crippen LogP contribution in [0.4, 0.5) is 0 Å². The third-order valence-corrected chi connectivity index (χ3v) is 6.20. The van der Waals surface area contributed by atoms with Crippen LogP contribution in [0.5, 0.6) is 0 Å². The fourth-order valence-electron chi connectivity index (χ4n) is 4.43. The quantitative estimate of drug-likeness (QED) is 0.622. The van der Waals surface area contributed by atoms with Gasteiger partial charge >= 0.3 is 0 Å². The summed E-state index contributed by atoms with van der Waals surface area (Å²) in [6.45, 7) is 6.34. The minimum absolute atomic E-state index is 0.0765. The van der Waals surface area contributed by atoms with Gasteiger partial charge in [0.05, 0.1) is 12.7 Å². The molecular formula is C22H33N5O3.